The molecule has 0 bridgehead atoms. The van der Waals surface area contributed by atoms with Crippen molar-refractivity contribution in [2.24, 2.45) is 0 Å². The molecule has 1 aliphatic heterocycles. The summed E-state index contributed by atoms with van der Waals surface area (Å²) in [6.07, 6.45) is 2.72. The fraction of sp³-hybridized carbons (Fsp3) is 0.769. The predicted octanol–water partition coefficient (Wildman–Crippen LogP) is 0.363. The minimum Gasteiger partial charge on any atom is -0.392 e. The third-order valence-corrected chi connectivity index (χ3v) is 5.39. The van der Waals surface area contributed by atoms with E-state index in [0.717, 1.165) is 38.9 Å². The van der Waals surface area contributed by atoms with Crippen molar-refractivity contribution < 1.29 is 13.5 Å². The number of nitrogens with one attached hydrogen (secondary N) is 2. The van der Waals surface area contributed by atoms with Gasteiger partial charge in [-0.15, -0.1) is 0 Å². The summed E-state index contributed by atoms with van der Waals surface area (Å²) < 4.78 is 27.5. The standard InChI is InChI=1S/C13H24N4O3S/c1-3-6-17-7-4-11(5-8-17)16-21(19,20)13-12(9-18)10(2)14-15-13/h11,16,18H,3-9H2,1-2H3,(H,14,15). The number of piperidine rings is 1. The van der Waals surface area contributed by atoms with Crippen molar-refractivity contribution in [3.05, 3.63) is 11.3 Å². The first-order chi connectivity index (χ1) is 9.97. The maximum atomic E-state index is 12.4. The van der Waals surface area contributed by atoms with E-state index in [2.05, 4.69) is 26.7 Å². The lowest BCUT2D eigenvalue weighted by molar-refractivity contribution is 0.207. The highest BCUT2D eigenvalue weighted by atomic mass is 32.2. The van der Waals surface area contributed by atoms with Gasteiger partial charge in [0.15, 0.2) is 5.03 Å². The van der Waals surface area contributed by atoms with Gasteiger partial charge in [0.2, 0.25) is 0 Å². The van der Waals surface area contributed by atoms with Crippen LogP contribution in [0.5, 0.6) is 0 Å². The van der Waals surface area contributed by atoms with Crippen molar-refractivity contribution in [1.29, 1.82) is 0 Å². The number of sulfonamides is 1. The maximum Gasteiger partial charge on any atom is 0.260 e. The number of aryl methyl sites for hydroxylation is 1. The Morgan fingerprint density at radius 2 is 2.10 bits per heavy atom. The quantitative estimate of drug-likeness (QED) is 0.704. The number of aliphatic hydroxyl groups is 1. The largest absolute Gasteiger partial charge is 0.392 e. The van der Waals surface area contributed by atoms with Gasteiger partial charge >= 0.3 is 0 Å². The molecule has 2 heterocycles. The molecule has 0 spiro atoms. The number of aromatic amines is 1. The molecule has 1 aromatic rings. The van der Waals surface area contributed by atoms with Crippen LogP contribution in [-0.2, 0) is 16.6 Å². The van der Waals surface area contributed by atoms with Gasteiger partial charge in [-0.05, 0) is 45.8 Å². The fourth-order valence-corrected chi connectivity index (χ4v) is 4.20. The molecule has 0 amide bonds. The van der Waals surface area contributed by atoms with Crippen LogP contribution in [0.2, 0.25) is 0 Å². The molecule has 2 rings (SSSR count). The summed E-state index contributed by atoms with van der Waals surface area (Å²) in [5.74, 6) is 0. The molecule has 0 aliphatic carbocycles. The Morgan fingerprint density at radius 1 is 1.43 bits per heavy atom. The summed E-state index contributed by atoms with van der Waals surface area (Å²) >= 11 is 0. The normalized spacial score (nSPS) is 18.2. The van der Waals surface area contributed by atoms with E-state index in [4.69, 9.17) is 0 Å². The highest BCUT2D eigenvalue weighted by Crippen LogP contribution is 2.18. The minimum atomic E-state index is -3.68. The van der Waals surface area contributed by atoms with E-state index < -0.39 is 10.0 Å². The van der Waals surface area contributed by atoms with Crippen LogP contribution >= 0.6 is 0 Å². The Balaban J connectivity index is 2.02. The van der Waals surface area contributed by atoms with Gasteiger partial charge in [0.05, 0.1) is 6.61 Å². The van der Waals surface area contributed by atoms with Gasteiger partial charge in [0.1, 0.15) is 0 Å². The van der Waals surface area contributed by atoms with Crippen molar-refractivity contribution in [1.82, 2.24) is 19.8 Å². The van der Waals surface area contributed by atoms with Crippen LogP contribution in [0.3, 0.4) is 0 Å². The van der Waals surface area contributed by atoms with Crippen LogP contribution in [0.25, 0.3) is 0 Å². The summed E-state index contributed by atoms with van der Waals surface area (Å²) in [5.41, 5.74) is 0.918. The first kappa shape index (κ1) is 16.4. The zero-order valence-electron chi connectivity index (χ0n) is 12.6. The number of rotatable bonds is 6. The summed E-state index contributed by atoms with van der Waals surface area (Å²) in [6, 6.07) is -0.0633. The molecular weight excluding hydrogens is 292 g/mol. The van der Waals surface area contributed by atoms with E-state index in [1.165, 1.54) is 0 Å². The van der Waals surface area contributed by atoms with Gasteiger partial charge in [-0.2, -0.15) is 5.10 Å². The maximum absolute atomic E-state index is 12.4. The smallest absolute Gasteiger partial charge is 0.260 e. The Hall–Kier alpha value is -0.960. The zero-order chi connectivity index (χ0) is 15.5. The number of likely N-dealkylation sites (tertiary alicyclic amines) is 1. The molecule has 0 atom stereocenters. The topological polar surface area (TPSA) is 98.3 Å². The van der Waals surface area contributed by atoms with Crippen LogP contribution in [0, 0.1) is 6.92 Å². The first-order valence-corrected chi connectivity index (χ1v) is 8.85. The Labute approximate surface area is 125 Å². The molecule has 8 heteroatoms. The van der Waals surface area contributed by atoms with Crippen molar-refractivity contribution in [2.75, 3.05) is 19.6 Å². The van der Waals surface area contributed by atoms with Gasteiger partial charge in [-0.25, -0.2) is 13.1 Å². The first-order valence-electron chi connectivity index (χ1n) is 7.37. The van der Waals surface area contributed by atoms with Crippen LogP contribution < -0.4 is 4.72 Å². The number of aliphatic hydroxyl groups excluding tert-OH is 1. The van der Waals surface area contributed by atoms with Crippen LogP contribution in [0.4, 0.5) is 0 Å². The molecule has 1 aromatic heterocycles. The molecular formula is C13H24N4O3S. The number of hydrogen-bond donors (Lipinski definition) is 3. The Morgan fingerprint density at radius 3 is 2.67 bits per heavy atom. The van der Waals surface area contributed by atoms with E-state index >= 15 is 0 Å². The molecule has 0 radical (unpaired) electrons. The van der Waals surface area contributed by atoms with Gasteiger partial charge in [0.25, 0.3) is 10.0 Å². The average Bonchev–Trinajstić information content (AvgIpc) is 2.83. The molecule has 1 aliphatic rings. The van der Waals surface area contributed by atoms with E-state index in [1.807, 2.05) is 0 Å². The summed E-state index contributed by atoms with van der Waals surface area (Å²) in [7, 11) is -3.68. The Kier molecular flexibility index (Phi) is 5.37. The lowest BCUT2D eigenvalue weighted by atomic mass is 10.1. The highest BCUT2D eigenvalue weighted by molar-refractivity contribution is 7.89. The summed E-state index contributed by atoms with van der Waals surface area (Å²) in [4.78, 5) is 2.35. The van der Waals surface area contributed by atoms with Crippen LogP contribution in [0.1, 0.15) is 37.4 Å². The SMILES string of the molecule is CCCN1CCC(NS(=O)(=O)c2n[nH]c(C)c2CO)CC1. The molecule has 1 saturated heterocycles. The van der Waals surface area contributed by atoms with E-state index in [-0.39, 0.29) is 17.7 Å². The fourth-order valence-electron chi connectivity index (χ4n) is 2.70. The number of aromatic nitrogens is 2. The monoisotopic (exact) mass is 316 g/mol. The second-order valence-corrected chi connectivity index (χ2v) is 7.16. The van der Waals surface area contributed by atoms with Crippen molar-refractivity contribution in [3.63, 3.8) is 0 Å². The second kappa shape index (κ2) is 6.87. The second-order valence-electron chi connectivity index (χ2n) is 5.53. The number of nitrogens with zero attached hydrogens (tertiary/aromatic N) is 2. The lowest BCUT2D eigenvalue weighted by Crippen LogP contribution is -2.44. The van der Waals surface area contributed by atoms with E-state index in [9.17, 15) is 13.5 Å². The van der Waals surface area contributed by atoms with Gasteiger partial charge < -0.3 is 10.0 Å². The molecule has 1 fully saturated rings. The molecule has 7 nitrogen and oxygen atoms in total. The van der Waals surface area contributed by atoms with Crippen molar-refractivity contribution in [2.45, 2.75) is 50.8 Å². The minimum absolute atomic E-state index is 0.0633. The van der Waals surface area contributed by atoms with Crippen molar-refractivity contribution in [3.8, 4) is 0 Å². The van der Waals surface area contributed by atoms with Crippen molar-refractivity contribution >= 4 is 10.0 Å². The van der Waals surface area contributed by atoms with Gasteiger partial charge in [-0.3, -0.25) is 5.10 Å². The third-order valence-electron chi connectivity index (χ3n) is 3.90. The molecule has 0 aromatic carbocycles. The van der Waals surface area contributed by atoms with Crippen LogP contribution in [-0.4, -0.2) is 54.3 Å². The molecule has 0 unspecified atom stereocenters. The number of hydrogen-bond acceptors (Lipinski definition) is 5. The molecule has 3 N–H and O–H groups in total. The molecule has 120 valence electrons. The van der Waals surface area contributed by atoms with Gasteiger partial charge in [-0.1, -0.05) is 6.92 Å². The lowest BCUT2D eigenvalue weighted by Gasteiger charge is -2.31. The zero-order valence-corrected chi connectivity index (χ0v) is 13.4. The average molecular weight is 316 g/mol. The highest BCUT2D eigenvalue weighted by Gasteiger charge is 2.28. The van der Waals surface area contributed by atoms with Gasteiger partial charge in [0, 0.05) is 17.3 Å². The van der Waals surface area contributed by atoms with E-state index in [1.54, 1.807) is 6.92 Å². The third kappa shape index (κ3) is 3.82. The number of H-pyrrole nitrogens is 1. The Bertz CT molecular complexity index is 562. The van der Waals surface area contributed by atoms with E-state index in [0.29, 0.717) is 11.3 Å². The molecule has 21 heavy (non-hydrogen) atoms. The predicted molar refractivity (Wildman–Crippen MR) is 79.3 cm³/mol. The summed E-state index contributed by atoms with van der Waals surface area (Å²) in [6.45, 7) is 6.38. The summed E-state index contributed by atoms with van der Waals surface area (Å²) in [5, 5.41) is 15.6. The molecule has 0 saturated carbocycles. The van der Waals surface area contributed by atoms with Crippen LogP contribution in [0.15, 0.2) is 5.03 Å².